The van der Waals surface area contributed by atoms with Crippen molar-refractivity contribution in [3.05, 3.63) is 99.5 Å². The maximum absolute atomic E-state index is 13.2. The Kier molecular flexibility index (Phi) is 6.96. The third kappa shape index (κ3) is 4.93. The SMILES string of the molecule is CCCCOc1cccc(/C(O)=C2\C(=O)C(=O)N(Cc3ccco3)C2c2cccc([N+](=O)[O-])c2)c1. The van der Waals surface area contributed by atoms with Crippen LogP contribution in [0.3, 0.4) is 0 Å². The van der Waals surface area contributed by atoms with E-state index in [4.69, 9.17) is 9.15 Å². The molecule has 0 aliphatic carbocycles. The maximum atomic E-state index is 13.2. The molecule has 1 aromatic heterocycles. The number of amides is 1. The van der Waals surface area contributed by atoms with E-state index in [1.807, 2.05) is 6.92 Å². The number of nitro benzene ring substituents is 1. The number of hydrogen-bond acceptors (Lipinski definition) is 7. The van der Waals surface area contributed by atoms with Gasteiger partial charge in [-0.25, -0.2) is 0 Å². The van der Waals surface area contributed by atoms with Crippen molar-refractivity contribution in [1.29, 1.82) is 0 Å². The van der Waals surface area contributed by atoms with Gasteiger partial charge in [0.25, 0.3) is 17.4 Å². The fourth-order valence-electron chi connectivity index (χ4n) is 3.99. The summed E-state index contributed by atoms with van der Waals surface area (Å²) in [4.78, 5) is 38.3. The number of ether oxygens (including phenoxy) is 1. The van der Waals surface area contributed by atoms with Gasteiger partial charge in [0.1, 0.15) is 17.3 Å². The average molecular weight is 476 g/mol. The zero-order chi connectivity index (χ0) is 24.9. The highest BCUT2D eigenvalue weighted by molar-refractivity contribution is 6.46. The van der Waals surface area contributed by atoms with Crippen LogP contribution in [0.2, 0.25) is 0 Å². The first-order valence-electron chi connectivity index (χ1n) is 11.2. The van der Waals surface area contributed by atoms with Crippen molar-refractivity contribution >= 4 is 23.1 Å². The van der Waals surface area contributed by atoms with Gasteiger partial charge in [0.15, 0.2) is 0 Å². The molecule has 0 spiro atoms. The Hall–Kier alpha value is -4.40. The number of nitrogens with zero attached hydrogens (tertiary/aromatic N) is 2. The van der Waals surface area contributed by atoms with Crippen LogP contribution in [0.4, 0.5) is 5.69 Å². The molecule has 1 N–H and O–H groups in total. The molecular weight excluding hydrogens is 452 g/mol. The van der Waals surface area contributed by atoms with Crippen LogP contribution in [0.15, 0.2) is 76.9 Å². The summed E-state index contributed by atoms with van der Waals surface area (Å²) < 4.78 is 11.1. The third-order valence-corrected chi connectivity index (χ3v) is 5.72. The van der Waals surface area contributed by atoms with Crippen LogP contribution in [0.1, 0.15) is 42.7 Å². The lowest BCUT2D eigenvalue weighted by molar-refractivity contribution is -0.384. The van der Waals surface area contributed by atoms with E-state index in [1.165, 1.54) is 29.4 Å². The van der Waals surface area contributed by atoms with E-state index in [9.17, 15) is 24.8 Å². The summed E-state index contributed by atoms with van der Waals surface area (Å²) in [5.41, 5.74) is 0.262. The molecule has 2 heterocycles. The predicted molar refractivity (Wildman–Crippen MR) is 126 cm³/mol. The zero-order valence-electron chi connectivity index (χ0n) is 19.0. The second-order valence-corrected chi connectivity index (χ2v) is 8.09. The molecule has 1 unspecified atom stereocenters. The Labute approximate surface area is 201 Å². The molecule has 35 heavy (non-hydrogen) atoms. The van der Waals surface area contributed by atoms with Gasteiger partial charge in [-0.2, -0.15) is 0 Å². The molecular formula is C26H24N2O7. The summed E-state index contributed by atoms with van der Waals surface area (Å²) in [7, 11) is 0. The number of benzene rings is 2. The number of ketones is 1. The molecule has 9 nitrogen and oxygen atoms in total. The summed E-state index contributed by atoms with van der Waals surface area (Å²) in [6.45, 7) is 2.49. The number of aliphatic hydroxyl groups excluding tert-OH is 1. The van der Waals surface area contributed by atoms with Gasteiger partial charge in [0, 0.05) is 17.7 Å². The highest BCUT2D eigenvalue weighted by atomic mass is 16.6. The standard InChI is InChI=1S/C26H24N2O7/c1-2-3-12-34-20-10-5-8-18(15-20)24(29)22-23(17-7-4-9-19(14-17)28(32)33)27(26(31)25(22)30)16-21-11-6-13-35-21/h4-11,13-15,23,29H,2-3,12,16H2,1H3/b24-22+. The van der Waals surface area contributed by atoms with Crippen molar-refractivity contribution in [3.63, 3.8) is 0 Å². The summed E-state index contributed by atoms with van der Waals surface area (Å²) in [5.74, 6) is -1.17. The molecule has 180 valence electrons. The van der Waals surface area contributed by atoms with Crippen LogP contribution in [0.5, 0.6) is 5.75 Å². The van der Waals surface area contributed by atoms with Crippen molar-refractivity contribution in [2.75, 3.05) is 6.61 Å². The van der Waals surface area contributed by atoms with Crippen molar-refractivity contribution in [2.24, 2.45) is 0 Å². The molecule has 3 aromatic rings. The summed E-state index contributed by atoms with van der Waals surface area (Å²) in [6, 6.07) is 14.5. The topological polar surface area (TPSA) is 123 Å². The number of furan rings is 1. The van der Waals surface area contributed by atoms with Gasteiger partial charge in [0.05, 0.1) is 36.0 Å². The van der Waals surface area contributed by atoms with Crippen molar-refractivity contribution < 1.29 is 28.8 Å². The Balaban J connectivity index is 1.82. The third-order valence-electron chi connectivity index (χ3n) is 5.72. The number of aliphatic hydroxyl groups is 1. The monoisotopic (exact) mass is 476 g/mol. The van der Waals surface area contributed by atoms with E-state index in [0.29, 0.717) is 29.2 Å². The first kappa shape index (κ1) is 23.7. The van der Waals surface area contributed by atoms with Crippen LogP contribution in [0.25, 0.3) is 5.76 Å². The van der Waals surface area contributed by atoms with Crippen LogP contribution in [-0.4, -0.2) is 33.2 Å². The molecule has 0 radical (unpaired) electrons. The average Bonchev–Trinajstić information content (AvgIpc) is 3.46. The zero-order valence-corrected chi connectivity index (χ0v) is 19.0. The first-order chi connectivity index (χ1) is 16.9. The number of carbonyl (C=O) groups excluding carboxylic acids is 2. The van der Waals surface area contributed by atoms with E-state index < -0.39 is 22.7 Å². The van der Waals surface area contributed by atoms with Gasteiger partial charge >= 0.3 is 0 Å². The quantitative estimate of drug-likeness (QED) is 0.115. The van der Waals surface area contributed by atoms with Crippen LogP contribution < -0.4 is 4.74 Å². The molecule has 1 fully saturated rings. The van der Waals surface area contributed by atoms with Crippen LogP contribution in [-0.2, 0) is 16.1 Å². The highest BCUT2D eigenvalue weighted by Gasteiger charge is 2.46. The predicted octanol–water partition coefficient (Wildman–Crippen LogP) is 4.99. The number of nitro groups is 1. The first-order valence-corrected chi connectivity index (χ1v) is 11.2. The lowest BCUT2D eigenvalue weighted by atomic mass is 9.95. The second kappa shape index (κ2) is 10.3. The van der Waals surface area contributed by atoms with Gasteiger partial charge < -0.3 is 19.2 Å². The summed E-state index contributed by atoms with van der Waals surface area (Å²) >= 11 is 0. The van der Waals surface area contributed by atoms with E-state index >= 15 is 0 Å². The molecule has 0 bridgehead atoms. The second-order valence-electron chi connectivity index (χ2n) is 8.09. The molecule has 0 saturated carbocycles. The minimum Gasteiger partial charge on any atom is -0.507 e. The van der Waals surface area contributed by atoms with E-state index in [2.05, 4.69) is 0 Å². The smallest absolute Gasteiger partial charge is 0.296 e. The minimum absolute atomic E-state index is 0.0537. The molecule has 1 aliphatic rings. The Morgan fingerprint density at radius 1 is 1.14 bits per heavy atom. The van der Waals surface area contributed by atoms with E-state index in [0.717, 1.165) is 12.8 Å². The number of unbranched alkanes of at least 4 members (excludes halogenated alkanes) is 1. The lowest BCUT2D eigenvalue weighted by Gasteiger charge is -2.24. The minimum atomic E-state index is -1.05. The molecule has 1 amide bonds. The van der Waals surface area contributed by atoms with Crippen molar-refractivity contribution in [1.82, 2.24) is 4.90 Å². The summed E-state index contributed by atoms with van der Waals surface area (Å²) in [5, 5.41) is 22.6. The Morgan fingerprint density at radius 3 is 2.66 bits per heavy atom. The fraction of sp³-hybridized carbons (Fsp3) is 0.231. The van der Waals surface area contributed by atoms with Gasteiger partial charge in [-0.1, -0.05) is 37.6 Å². The normalized spacial score (nSPS) is 17.1. The largest absolute Gasteiger partial charge is 0.507 e. The Morgan fingerprint density at radius 2 is 1.94 bits per heavy atom. The van der Waals surface area contributed by atoms with E-state index in [-0.39, 0.29) is 23.6 Å². The molecule has 1 saturated heterocycles. The lowest BCUT2D eigenvalue weighted by Crippen LogP contribution is -2.29. The van der Waals surface area contributed by atoms with Gasteiger partial charge in [-0.3, -0.25) is 19.7 Å². The molecule has 1 atom stereocenters. The van der Waals surface area contributed by atoms with Crippen molar-refractivity contribution in [2.45, 2.75) is 32.4 Å². The van der Waals surface area contributed by atoms with E-state index in [1.54, 1.807) is 42.5 Å². The maximum Gasteiger partial charge on any atom is 0.296 e. The highest BCUT2D eigenvalue weighted by Crippen LogP contribution is 2.41. The molecule has 9 heteroatoms. The number of likely N-dealkylation sites (tertiary alicyclic amines) is 1. The van der Waals surface area contributed by atoms with Crippen molar-refractivity contribution in [3.8, 4) is 5.75 Å². The van der Waals surface area contributed by atoms with Gasteiger partial charge in [-0.05, 0) is 36.2 Å². The number of rotatable bonds is 9. The molecule has 2 aromatic carbocycles. The van der Waals surface area contributed by atoms with Crippen LogP contribution in [0, 0.1) is 10.1 Å². The number of hydrogen-bond donors (Lipinski definition) is 1. The fourth-order valence-corrected chi connectivity index (χ4v) is 3.99. The van der Waals surface area contributed by atoms with Gasteiger partial charge in [0.2, 0.25) is 0 Å². The van der Waals surface area contributed by atoms with Gasteiger partial charge in [-0.15, -0.1) is 0 Å². The number of non-ortho nitro benzene ring substituents is 1. The Bertz CT molecular complexity index is 1280. The number of Topliss-reactive ketones (excluding diaryl/α,β-unsaturated/α-hetero) is 1. The summed E-state index contributed by atoms with van der Waals surface area (Å²) in [6.07, 6.45) is 3.27. The molecule has 4 rings (SSSR count). The van der Waals surface area contributed by atoms with Crippen LogP contribution >= 0.6 is 0 Å². The number of carbonyl (C=O) groups is 2. The molecule has 1 aliphatic heterocycles.